The number of hydrogen-bond donors (Lipinski definition) is 0. The average molecular weight is 263 g/mol. The second kappa shape index (κ2) is 6.33. The first-order valence-electron chi connectivity index (χ1n) is 6.22. The Morgan fingerprint density at radius 2 is 2.11 bits per heavy atom. The number of ether oxygens (including phenoxy) is 2. The molecule has 0 radical (unpaired) electrons. The molecule has 1 aliphatic heterocycles. The van der Waals surface area contributed by atoms with Crippen molar-refractivity contribution in [1.82, 2.24) is 4.90 Å². The van der Waals surface area contributed by atoms with Gasteiger partial charge >= 0.3 is 0 Å². The summed E-state index contributed by atoms with van der Waals surface area (Å²) in [5.74, 6) is 0.763. The highest BCUT2D eigenvalue weighted by Crippen LogP contribution is 2.13. The van der Waals surface area contributed by atoms with Crippen LogP contribution in [0.4, 0.5) is 0 Å². The van der Waals surface area contributed by atoms with Gasteiger partial charge in [0.15, 0.2) is 6.73 Å². The van der Waals surface area contributed by atoms with E-state index in [1.807, 2.05) is 24.3 Å². The molecule has 0 bridgehead atoms. The molecule has 1 saturated heterocycles. The van der Waals surface area contributed by atoms with Gasteiger partial charge in [0.2, 0.25) is 0 Å². The SMILES string of the molecule is CC(=O)Cc1ccc(OCN2CCOCC2=O)cc1. The summed E-state index contributed by atoms with van der Waals surface area (Å²) in [5, 5.41) is 0. The standard InChI is InChI=1S/C14H17NO4/c1-11(16)8-12-2-4-13(5-3-12)19-10-15-6-7-18-9-14(15)17/h2-5H,6-10H2,1H3. The van der Waals surface area contributed by atoms with Gasteiger partial charge in [0.05, 0.1) is 6.61 Å². The Morgan fingerprint density at radius 1 is 1.37 bits per heavy atom. The minimum Gasteiger partial charge on any atom is -0.473 e. The Kier molecular flexibility index (Phi) is 4.52. The molecule has 5 nitrogen and oxygen atoms in total. The van der Waals surface area contributed by atoms with Crippen LogP contribution in [0.1, 0.15) is 12.5 Å². The van der Waals surface area contributed by atoms with Gasteiger partial charge in [-0.2, -0.15) is 0 Å². The Bertz CT molecular complexity index is 455. The predicted octanol–water partition coefficient (Wildman–Crippen LogP) is 1.01. The topological polar surface area (TPSA) is 55.8 Å². The van der Waals surface area contributed by atoms with E-state index >= 15 is 0 Å². The van der Waals surface area contributed by atoms with E-state index in [9.17, 15) is 9.59 Å². The third-order valence-electron chi connectivity index (χ3n) is 2.85. The highest BCUT2D eigenvalue weighted by atomic mass is 16.5. The van der Waals surface area contributed by atoms with Crippen LogP contribution in [-0.2, 0) is 20.7 Å². The van der Waals surface area contributed by atoms with Gasteiger partial charge in [0, 0.05) is 13.0 Å². The first-order chi connectivity index (χ1) is 9.15. The highest BCUT2D eigenvalue weighted by molar-refractivity contribution is 5.78. The van der Waals surface area contributed by atoms with Crippen molar-refractivity contribution in [3.63, 3.8) is 0 Å². The van der Waals surface area contributed by atoms with Gasteiger partial charge in [0.1, 0.15) is 18.1 Å². The normalized spacial score (nSPS) is 15.4. The number of rotatable bonds is 5. The summed E-state index contributed by atoms with van der Waals surface area (Å²) in [6.45, 7) is 3.03. The number of carbonyl (C=O) groups excluding carboxylic acids is 2. The Morgan fingerprint density at radius 3 is 2.74 bits per heavy atom. The summed E-state index contributed by atoms with van der Waals surface area (Å²) >= 11 is 0. The summed E-state index contributed by atoms with van der Waals surface area (Å²) in [5.41, 5.74) is 0.960. The van der Waals surface area contributed by atoms with Crippen molar-refractivity contribution >= 4 is 11.7 Å². The Hall–Kier alpha value is -1.88. The molecule has 2 rings (SSSR count). The van der Waals surface area contributed by atoms with E-state index in [4.69, 9.17) is 9.47 Å². The van der Waals surface area contributed by atoms with Gasteiger partial charge in [0.25, 0.3) is 5.91 Å². The summed E-state index contributed by atoms with van der Waals surface area (Å²) in [6, 6.07) is 7.34. The molecule has 102 valence electrons. The minimum absolute atomic E-state index is 0.0561. The van der Waals surface area contributed by atoms with Crippen molar-refractivity contribution in [2.24, 2.45) is 0 Å². The molecule has 5 heteroatoms. The molecule has 0 N–H and O–H groups in total. The van der Waals surface area contributed by atoms with Gasteiger partial charge in [-0.15, -0.1) is 0 Å². The van der Waals surface area contributed by atoms with E-state index in [0.29, 0.717) is 25.3 Å². The summed E-state index contributed by atoms with van der Waals surface area (Å²) in [4.78, 5) is 24.1. The smallest absolute Gasteiger partial charge is 0.251 e. The second-order valence-electron chi connectivity index (χ2n) is 4.51. The molecule has 19 heavy (non-hydrogen) atoms. The van der Waals surface area contributed by atoms with E-state index < -0.39 is 0 Å². The summed E-state index contributed by atoms with van der Waals surface area (Å²) < 4.78 is 10.6. The molecule has 0 aliphatic carbocycles. The zero-order valence-corrected chi connectivity index (χ0v) is 10.9. The Balaban J connectivity index is 1.85. The van der Waals surface area contributed by atoms with Crippen molar-refractivity contribution in [2.75, 3.05) is 26.5 Å². The highest BCUT2D eigenvalue weighted by Gasteiger charge is 2.18. The number of Topliss-reactive ketones (excluding diaryl/α,β-unsaturated/α-hetero) is 1. The molecule has 0 spiro atoms. The van der Waals surface area contributed by atoms with Crippen molar-refractivity contribution < 1.29 is 19.1 Å². The molecular formula is C14H17NO4. The monoisotopic (exact) mass is 263 g/mol. The molecule has 1 aromatic rings. The number of benzene rings is 1. The number of amides is 1. The first kappa shape index (κ1) is 13.5. The molecule has 0 saturated carbocycles. The number of morpholine rings is 1. The summed E-state index contributed by atoms with van der Waals surface area (Å²) in [6.07, 6.45) is 0.433. The van der Waals surface area contributed by atoms with E-state index in [2.05, 4.69) is 0 Å². The zero-order valence-electron chi connectivity index (χ0n) is 10.9. The maximum absolute atomic E-state index is 11.5. The van der Waals surface area contributed by atoms with Crippen molar-refractivity contribution in [1.29, 1.82) is 0 Å². The third kappa shape index (κ3) is 4.06. The molecule has 1 fully saturated rings. The number of ketones is 1. The van der Waals surface area contributed by atoms with Gasteiger partial charge in [-0.3, -0.25) is 9.59 Å². The van der Waals surface area contributed by atoms with Gasteiger partial charge in [-0.25, -0.2) is 0 Å². The van der Waals surface area contributed by atoms with Crippen LogP contribution in [0.3, 0.4) is 0 Å². The Labute approximate surface area is 112 Å². The zero-order chi connectivity index (χ0) is 13.7. The van der Waals surface area contributed by atoms with Crippen LogP contribution in [-0.4, -0.2) is 43.1 Å². The molecule has 1 amide bonds. The molecule has 0 aromatic heterocycles. The maximum atomic E-state index is 11.5. The predicted molar refractivity (Wildman–Crippen MR) is 68.9 cm³/mol. The lowest BCUT2D eigenvalue weighted by atomic mass is 10.1. The molecule has 1 aromatic carbocycles. The van der Waals surface area contributed by atoms with Crippen LogP contribution in [0, 0.1) is 0 Å². The van der Waals surface area contributed by atoms with Crippen LogP contribution >= 0.6 is 0 Å². The number of hydrogen-bond acceptors (Lipinski definition) is 4. The van der Waals surface area contributed by atoms with E-state index in [1.54, 1.807) is 11.8 Å². The average Bonchev–Trinajstić information content (AvgIpc) is 2.39. The van der Waals surface area contributed by atoms with E-state index in [1.165, 1.54) is 0 Å². The number of nitrogens with zero attached hydrogens (tertiary/aromatic N) is 1. The van der Waals surface area contributed by atoms with E-state index in [0.717, 1.165) is 5.56 Å². The van der Waals surface area contributed by atoms with Crippen molar-refractivity contribution in [2.45, 2.75) is 13.3 Å². The van der Waals surface area contributed by atoms with Crippen molar-refractivity contribution in [3.8, 4) is 5.75 Å². The molecule has 0 unspecified atom stereocenters. The lowest BCUT2D eigenvalue weighted by Gasteiger charge is -2.26. The molecule has 0 atom stereocenters. The summed E-state index contributed by atoms with van der Waals surface area (Å²) in [7, 11) is 0. The van der Waals surface area contributed by atoms with Crippen LogP contribution in [0.5, 0.6) is 5.75 Å². The first-order valence-corrected chi connectivity index (χ1v) is 6.22. The van der Waals surface area contributed by atoms with Gasteiger partial charge in [-0.1, -0.05) is 12.1 Å². The minimum atomic E-state index is -0.0561. The van der Waals surface area contributed by atoms with Crippen LogP contribution < -0.4 is 4.74 Å². The third-order valence-corrected chi connectivity index (χ3v) is 2.85. The maximum Gasteiger partial charge on any atom is 0.251 e. The quantitative estimate of drug-likeness (QED) is 0.795. The fraction of sp³-hybridized carbons (Fsp3) is 0.429. The lowest BCUT2D eigenvalue weighted by molar-refractivity contribution is -0.146. The molecular weight excluding hydrogens is 246 g/mol. The second-order valence-corrected chi connectivity index (χ2v) is 4.51. The van der Waals surface area contributed by atoms with Crippen LogP contribution in [0.2, 0.25) is 0 Å². The fourth-order valence-electron chi connectivity index (χ4n) is 1.83. The van der Waals surface area contributed by atoms with Crippen LogP contribution in [0.15, 0.2) is 24.3 Å². The van der Waals surface area contributed by atoms with Gasteiger partial charge < -0.3 is 14.4 Å². The molecule has 1 aliphatic rings. The largest absolute Gasteiger partial charge is 0.473 e. The van der Waals surface area contributed by atoms with Crippen molar-refractivity contribution in [3.05, 3.63) is 29.8 Å². The lowest BCUT2D eigenvalue weighted by Crippen LogP contribution is -2.43. The van der Waals surface area contributed by atoms with Gasteiger partial charge in [-0.05, 0) is 24.6 Å². The van der Waals surface area contributed by atoms with Crippen LogP contribution in [0.25, 0.3) is 0 Å². The fourth-order valence-corrected chi connectivity index (χ4v) is 1.83. The molecule has 1 heterocycles. The number of carbonyl (C=O) groups is 2. The van der Waals surface area contributed by atoms with E-state index in [-0.39, 0.29) is 25.0 Å².